The molecule has 0 unspecified atom stereocenters. The molecule has 3 rings (SSSR count). The minimum absolute atomic E-state index is 0.0170. The van der Waals surface area contributed by atoms with Crippen LogP contribution in [-0.4, -0.2) is 32.6 Å². The summed E-state index contributed by atoms with van der Waals surface area (Å²) in [7, 11) is 3.13. The van der Waals surface area contributed by atoms with Crippen molar-refractivity contribution in [3.05, 3.63) is 68.9 Å². The van der Waals surface area contributed by atoms with E-state index in [0.29, 0.717) is 17.9 Å². The molecular weight excluding hydrogens is 382 g/mol. The number of methoxy groups -OCH3 is 1. The summed E-state index contributed by atoms with van der Waals surface area (Å²) in [5.41, 5.74) is 2.38. The number of nitrogens with zero attached hydrogens (tertiary/aromatic N) is 4. The maximum atomic E-state index is 12.8. The van der Waals surface area contributed by atoms with Crippen molar-refractivity contribution in [3.63, 3.8) is 0 Å². The Morgan fingerprint density at radius 2 is 2.07 bits per heavy atom. The molecule has 0 saturated carbocycles. The number of carbonyl (C=O) groups excluding carboxylic acids is 1. The lowest BCUT2D eigenvalue weighted by atomic mass is 10.2. The monoisotopic (exact) mass is 401 g/mol. The number of esters is 1. The van der Waals surface area contributed by atoms with Crippen molar-refractivity contribution in [1.29, 1.82) is 0 Å². The highest BCUT2D eigenvalue weighted by Crippen LogP contribution is 2.20. The number of carbonyl (C=O) groups is 1. The smallest absolute Gasteiger partial charge is 0.340 e. The van der Waals surface area contributed by atoms with Crippen LogP contribution in [0.5, 0.6) is 0 Å². The third-order valence-corrected chi connectivity index (χ3v) is 4.62. The van der Waals surface area contributed by atoms with Crippen molar-refractivity contribution >= 4 is 23.3 Å². The SMILES string of the molecule is CCc1nn(C)cc1CNc1cnn(-c2ccccc2C(=O)OC)c(=O)c1Cl. The van der Waals surface area contributed by atoms with Crippen LogP contribution in [0.2, 0.25) is 5.02 Å². The second-order valence-corrected chi connectivity index (χ2v) is 6.46. The second-order valence-electron chi connectivity index (χ2n) is 6.08. The molecule has 28 heavy (non-hydrogen) atoms. The summed E-state index contributed by atoms with van der Waals surface area (Å²) in [4.78, 5) is 24.7. The lowest BCUT2D eigenvalue weighted by Crippen LogP contribution is -2.24. The molecule has 0 saturated heterocycles. The first-order valence-corrected chi connectivity index (χ1v) is 9.04. The van der Waals surface area contributed by atoms with Gasteiger partial charge in [-0.25, -0.2) is 4.79 Å². The number of para-hydroxylation sites is 1. The van der Waals surface area contributed by atoms with Crippen molar-refractivity contribution in [2.45, 2.75) is 19.9 Å². The molecule has 0 aliphatic rings. The number of ether oxygens (including phenoxy) is 1. The number of rotatable bonds is 6. The number of benzene rings is 1. The normalized spacial score (nSPS) is 10.7. The molecule has 1 N–H and O–H groups in total. The Kier molecular flexibility index (Phi) is 5.79. The Bertz CT molecular complexity index is 1070. The molecule has 0 amide bonds. The van der Waals surface area contributed by atoms with Gasteiger partial charge in [-0.05, 0) is 18.6 Å². The van der Waals surface area contributed by atoms with Crippen molar-refractivity contribution in [3.8, 4) is 5.69 Å². The highest BCUT2D eigenvalue weighted by molar-refractivity contribution is 6.32. The molecule has 146 valence electrons. The minimum atomic E-state index is -0.564. The highest BCUT2D eigenvalue weighted by atomic mass is 35.5. The number of nitrogens with one attached hydrogen (secondary N) is 1. The van der Waals surface area contributed by atoms with E-state index in [1.165, 1.54) is 13.3 Å². The fourth-order valence-electron chi connectivity index (χ4n) is 2.89. The standard InChI is InChI=1S/C19H20ClN5O3/c1-4-14-12(11-24(2)23-14)9-21-15-10-22-25(18(26)17(15)20)16-8-6-5-7-13(16)19(27)28-3/h5-8,10-11,21H,4,9H2,1-3H3. The Morgan fingerprint density at radius 3 is 2.79 bits per heavy atom. The lowest BCUT2D eigenvalue weighted by molar-refractivity contribution is 0.0600. The van der Waals surface area contributed by atoms with Crippen molar-refractivity contribution < 1.29 is 9.53 Å². The van der Waals surface area contributed by atoms with Gasteiger partial charge in [0, 0.05) is 25.4 Å². The zero-order valence-electron chi connectivity index (χ0n) is 15.8. The van der Waals surface area contributed by atoms with Crippen LogP contribution in [0.4, 0.5) is 5.69 Å². The number of aromatic nitrogens is 4. The van der Waals surface area contributed by atoms with Gasteiger partial charge in [0.25, 0.3) is 5.56 Å². The number of halogens is 1. The van der Waals surface area contributed by atoms with E-state index >= 15 is 0 Å². The largest absolute Gasteiger partial charge is 0.465 e. The molecule has 2 aromatic heterocycles. The van der Waals surface area contributed by atoms with E-state index in [9.17, 15) is 9.59 Å². The van der Waals surface area contributed by atoms with Crippen LogP contribution in [0, 0.1) is 0 Å². The topological polar surface area (TPSA) is 91.0 Å². The Balaban J connectivity index is 1.92. The summed E-state index contributed by atoms with van der Waals surface area (Å²) >= 11 is 6.29. The van der Waals surface area contributed by atoms with Crippen LogP contribution >= 0.6 is 11.6 Å². The first-order chi connectivity index (χ1) is 13.5. The van der Waals surface area contributed by atoms with Gasteiger partial charge in [0.2, 0.25) is 0 Å². The Morgan fingerprint density at radius 1 is 1.32 bits per heavy atom. The molecule has 0 spiro atoms. The molecule has 0 atom stereocenters. The molecule has 0 bridgehead atoms. The van der Waals surface area contributed by atoms with E-state index in [2.05, 4.69) is 15.5 Å². The van der Waals surface area contributed by atoms with Crippen LogP contribution < -0.4 is 10.9 Å². The zero-order valence-corrected chi connectivity index (χ0v) is 16.5. The van der Waals surface area contributed by atoms with Gasteiger partial charge in [0.05, 0.1) is 35.9 Å². The van der Waals surface area contributed by atoms with Crippen LogP contribution in [0.1, 0.15) is 28.5 Å². The molecule has 3 aromatic rings. The quantitative estimate of drug-likeness (QED) is 0.638. The molecule has 0 fully saturated rings. The Labute approximate surface area is 166 Å². The zero-order chi connectivity index (χ0) is 20.3. The van der Waals surface area contributed by atoms with Crippen LogP contribution in [0.3, 0.4) is 0 Å². The van der Waals surface area contributed by atoms with E-state index in [4.69, 9.17) is 16.3 Å². The number of hydrogen-bond acceptors (Lipinski definition) is 6. The summed E-state index contributed by atoms with van der Waals surface area (Å²) in [6.07, 6.45) is 4.18. The minimum Gasteiger partial charge on any atom is -0.465 e. The first kappa shape index (κ1) is 19.6. The number of hydrogen-bond donors (Lipinski definition) is 1. The molecular formula is C19H20ClN5O3. The maximum Gasteiger partial charge on any atom is 0.340 e. The van der Waals surface area contributed by atoms with E-state index in [-0.39, 0.29) is 10.6 Å². The lowest BCUT2D eigenvalue weighted by Gasteiger charge is -2.12. The molecule has 9 heteroatoms. The van der Waals surface area contributed by atoms with E-state index in [0.717, 1.165) is 22.4 Å². The summed E-state index contributed by atoms with van der Waals surface area (Å²) in [5, 5.41) is 11.7. The number of anilines is 1. The van der Waals surface area contributed by atoms with Gasteiger partial charge in [-0.2, -0.15) is 14.9 Å². The average molecular weight is 402 g/mol. The third-order valence-electron chi connectivity index (χ3n) is 4.25. The highest BCUT2D eigenvalue weighted by Gasteiger charge is 2.17. The van der Waals surface area contributed by atoms with Gasteiger partial charge >= 0.3 is 5.97 Å². The maximum absolute atomic E-state index is 12.8. The molecule has 0 aliphatic heterocycles. The molecule has 0 radical (unpaired) electrons. The van der Waals surface area contributed by atoms with Gasteiger partial charge in [0.1, 0.15) is 5.02 Å². The molecule has 2 heterocycles. The fourth-order valence-corrected chi connectivity index (χ4v) is 3.08. The van der Waals surface area contributed by atoms with E-state index in [1.54, 1.807) is 28.9 Å². The summed E-state index contributed by atoms with van der Waals surface area (Å²) < 4.78 is 7.60. The van der Waals surface area contributed by atoms with Crippen molar-refractivity contribution in [2.75, 3.05) is 12.4 Å². The summed E-state index contributed by atoms with van der Waals surface area (Å²) in [6.45, 7) is 2.49. The van der Waals surface area contributed by atoms with Crippen molar-refractivity contribution in [1.82, 2.24) is 19.6 Å². The molecule has 8 nitrogen and oxygen atoms in total. The summed E-state index contributed by atoms with van der Waals surface area (Å²) in [6, 6.07) is 6.54. The number of aryl methyl sites for hydroxylation is 2. The van der Waals surface area contributed by atoms with E-state index in [1.807, 2.05) is 20.2 Å². The first-order valence-electron chi connectivity index (χ1n) is 8.67. The molecule has 1 aromatic carbocycles. The molecule has 0 aliphatic carbocycles. The fraction of sp³-hybridized carbons (Fsp3) is 0.263. The van der Waals surface area contributed by atoms with Gasteiger partial charge in [-0.1, -0.05) is 30.7 Å². The van der Waals surface area contributed by atoms with Gasteiger partial charge in [0.15, 0.2) is 0 Å². The van der Waals surface area contributed by atoms with Crippen LogP contribution in [0.25, 0.3) is 5.69 Å². The van der Waals surface area contributed by atoms with E-state index < -0.39 is 11.5 Å². The Hall–Kier alpha value is -3.13. The summed E-state index contributed by atoms with van der Waals surface area (Å²) in [5.74, 6) is -0.564. The van der Waals surface area contributed by atoms with Crippen LogP contribution in [0.15, 0.2) is 41.5 Å². The van der Waals surface area contributed by atoms with Gasteiger partial charge in [-0.3, -0.25) is 9.48 Å². The third kappa shape index (κ3) is 3.77. The van der Waals surface area contributed by atoms with Gasteiger partial charge in [-0.15, -0.1) is 0 Å². The van der Waals surface area contributed by atoms with Crippen molar-refractivity contribution in [2.24, 2.45) is 7.05 Å². The second kappa shape index (κ2) is 8.26. The van der Waals surface area contributed by atoms with Gasteiger partial charge < -0.3 is 10.1 Å². The predicted octanol–water partition coefficient (Wildman–Crippen LogP) is 2.58. The predicted molar refractivity (Wildman–Crippen MR) is 106 cm³/mol. The average Bonchev–Trinajstić information content (AvgIpc) is 3.08. The van der Waals surface area contributed by atoms with Crippen LogP contribution in [-0.2, 0) is 24.8 Å².